The van der Waals surface area contributed by atoms with Gasteiger partial charge in [0, 0.05) is 0 Å². The van der Waals surface area contributed by atoms with Crippen LogP contribution in [0.5, 0.6) is 0 Å². The lowest BCUT2D eigenvalue weighted by atomic mass is 10.2. The molecule has 5 heteroatoms. The number of hydrogen-bond donors (Lipinski definition) is 1. The Labute approximate surface area is 86.4 Å². The van der Waals surface area contributed by atoms with Crippen molar-refractivity contribution in [3.63, 3.8) is 0 Å². The van der Waals surface area contributed by atoms with Crippen LogP contribution in [0.2, 0.25) is 19.6 Å². The molecule has 0 aromatic rings. The van der Waals surface area contributed by atoms with Crippen LogP contribution in [0.15, 0.2) is 0 Å². The molecule has 1 amide bonds. The summed E-state index contributed by atoms with van der Waals surface area (Å²) in [7, 11) is -1.54. The average molecular weight is 221 g/mol. The number of amides is 1. The molecular weight excluding hydrogens is 198 g/mol. The number of rotatable bonds is 1. The van der Waals surface area contributed by atoms with Gasteiger partial charge >= 0.3 is 6.09 Å². The van der Waals surface area contributed by atoms with E-state index in [4.69, 9.17) is 4.74 Å². The molecule has 0 radical (unpaired) electrons. The van der Waals surface area contributed by atoms with Crippen molar-refractivity contribution in [3.8, 4) is 0 Å². The summed E-state index contributed by atoms with van der Waals surface area (Å²) >= 11 is 0. The molecule has 0 fully saturated rings. The third-order valence-corrected chi connectivity index (χ3v) is 1.83. The van der Waals surface area contributed by atoms with E-state index in [0.717, 1.165) is 0 Å². The fourth-order valence-corrected chi connectivity index (χ4v) is 1.27. The topological polar surface area (TPSA) is 38.3 Å². The second-order valence-corrected chi connectivity index (χ2v) is 9.63. The van der Waals surface area contributed by atoms with E-state index in [-0.39, 0.29) is 17.1 Å². The first-order valence-corrected chi connectivity index (χ1v) is 7.61. The van der Waals surface area contributed by atoms with Crippen LogP contribution in [0.25, 0.3) is 0 Å². The molecule has 0 aliphatic rings. The Morgan fingerprint density at radius 2 is 1.62 bits per heavy atom. The van der Waals surface area contributed by atoms with Crippen LogP contribution in [-0.4, -0.2) is 30.9 Å². The maximum absolute atomic E-state index is 11.2. The van der Waals surface area contributed by atoms with Crippen molar-refractivity contribution in [2.75, 3.05) is 0 Å². The number of nitrogens with one attached hydrogen (secondary N) is 1. The van der Waals surface area contributed by atoms with Gasteiger partial charge in [0.05, 0.1) is 0 Å². The van der Waals surface area contributed by atoms with Gasteiger partial charge in [0.25, 0.3) is 0 Å². The van der Waals surface area contributed by atoms with E-state index in [1.54, 1.807) is 0 Å². The smallest absolute Gasteiger partial charge is 0.399 e. The first-order chi connectivity index (χ1) is 5.10. The minimum atomic E-state index is -1.54. The summed E-state index contributed by atoms with van der Waals surface area (Å²) in [6.45, 7) is 11.7. The van der Waals surface area contributed by atoms with Crippen molar-refractivity contribution in [1.29, 1.82) is 0 Å². The van der Waals surface area contributed by atoms with Crippen LogP contribution in [0.4, 0.5) is 4.79 Å². The van der Waals surface area contributed by atoms with Gasteiger partial charge in [0.1, 0.15) is 5.60 Å². The molecule has 80 valence electrons. The Hall–Kier alpha value is -0.296. The highest BCUT2D eigenvalue weighted by atomic mass is 28.3. The number of carbonyl (C=O) groups excluding carboxylic acids is 1. The lowest BCUT2D eigenvalue weighted by molar-refractivity contribution is 0.0565. The molecule has 0 aromatic carbocycles. The van der Waals surface area contributed by atoms with Gasteiger partial charge in [0.2, 0.25) is 0 Å². The largest absolute Gasteiger partial charge is 0.444 e. The minimum Gasteiger partial charge on any atom is -0.444 e. The molecule has 0 bridgehead atoms. The van der Waals surface area contributed by atoms with E-state index in [2.05, 4.69) is 24.6 Å². The first-order valence-electron chi connectivity index (χ1n) is 4.11. The van der Waals surface area contributed by atoms with E-state index in [1.807, 2.05) is 20.8 Å². The molecule has 0 saturated carbocycles. The summed E-state index contributed by atoms with van der Waals surface area (Å²) < 4.78 is 5.10. The zero-order chi connectivity index (χ0) is 9.99. The summed E-state index contributed by atoms with van der Waals surface area (Å²) in [5.41, 5.74) is -0.399. The minimum absolute atomic E-state index is 0. The van der Waals surface area contributed by atoms with E-state index in [0.29, 0.717) is 0 Å². The molecule has 3 nitrogen and oxygen atoms in total. The second kappa shape index (κ2) is 4.81. The molecular formula is C8H23NO2Si2. The quantitative estimate of drug-likeness (QED) is 0.668. The van der Waals surface area contributed by atoms with Crippen LogP contribution >= 0.6 is 0 Å². The summed E-state index contributed by atoms with van der Waals surface area (Å²) in [6.07, 6.45) is -0.304. The second-order valence-electron chi connectivity index (χ2n) is 4.88. The predicted octanol–water partition coefficient (Wildman–Crippen LogP) is 0.894. The van der Waals surface area contributed by atoms with Gasteiger partial charge in [-0.25, -0.2) is 4.79 Å². The normalized spacial score (nSPS) is 11.5. The number of carbonyl (C=O) groups is 1. The van der Waals surface area contributed by atoms with Gasteiger partial charge in [-0.1, -0.05) is 19.6 Å². The number of ether oxygens (including phenoxy) is 1. The standard InChI is InChI=1S/C8H19NO2Si.H4Si/c1-8(2,3)11-7(10)9-12(4,5)6;/h1-6H3,(H,9,10);1H4. The van der Waals surface area contributed by atoms with Crippen LogP contribution in [0.3, 0.4) is 0 Å². The Balaban J connectivity index is 0. The SMILES string of the molecule is CC(C)(C)OC(=O)N[Si](C)(C)C.[SiH4]. The van der Waals surface area contributed by atoms with Gasteiger partial charge in [-0.2, -0.15) is 0 Å². The maximum atomic E-state index is 11.2. The summed E-state index contributed by atoms with van der Waals surface area (Å²) in [5.74, 6) is 0. The third kappa shape index (κ3) is 11.7. The van der Waals surface area contributed by atoms with Crippen molar-refractivity contribution < 1.29 is 9.53 Å². The van der Waals surface area contributed by atoms with Crippen LogP contribution < -0.4 is 4.98 Å². The molecule has 1 N–H and O–H groups in total. The molecule has 0 saturated heterocycles. The zero-order valence-corrected chi connectivity index (χ0v) is 9.82. The fourth-order valence-electron chi connectivity index (χ4n) is 0.610. The monoisotopic (exact) mass is 221 g/mol. The van der Waals surface area contributed by atoms with Gasteiger partial charge in [-0.05, 0) is 31.7 Å². The van der Waals surface area contributed by atoms with E-state index < -0.39 is 13.8 Å². The lowest BCUT2D eigenvalue weighted by Gasteiger charge is -2.24. The maximum Gasteiger partial charge on any atom is 0.399 e. The molecule has 0 rings (SSSR count). The van der Waals surface area contributed by atoms with Gasteiger partial charge < -0.3 is 9.72 Å². The number of hydrogen-bond acceptors (Lipinski definition) is 2. The predicted molar refractivity (Wildman–Crippen MR) is 64.0 cm³/mol. The Morgan fingerprint density at radius 3 is 1.85 bits per heavy atom. The van der Waals surface area contributed by atoms with Crippen LogP contribution in [0, 0.1) is 0 Å². The van der Waals surface area contributed by atoms with Crippen LogP contribution in [0.1, 0.15) is 20.8 Å². The Morgan fingerprint density at radius 1 is 1.23 bits per heavy atom. The van der Waals surface area contributed by atoms with Crippen molar-refractivity contribution in [2.45, 2.75) is 46.0 Å². The summed E-state index contributed by atoms with van der Waals surface area (Å²) in [6, 6.07) is 0. The molecule has 0 aliphatic carbocycles. The fraction of sp³-hybridized carbons (Fsp3) is 0.875. The van der Waals surface area contributed by atoms with Crippen molar-refractivity contribution in [3.05, 3.63) is 0 Å². The van der Waals surface area contributed by atoms with E-state index >= 15 is 0 Å². The summed E-state index contributed by atoms with van der Waals surface area (Å²) in [5, 5.41) is 0. The highest BCUT2D eigenvalue weighted by Gasteiger charge is 2.21. The van der Waals surface area contributed by atoms with E-state index in [1.165, 1.54) is 0 Å². The molecule has 0 unspecified atom stereocenters. The average Bonchev–Trinajstić information content (AvgIpc) is 1.49. The highest BCUT2D eigenvalue weighted by Crippen LogP contribution is 2.07. The Bertz CT molecular complexity index is 152. The van der Waals surface area contributed by atoms with Crippen LogP contribution in [-0.2, 0) is 4.74 Å². The first kappa shape index (κ1) is 15.2. The molecule has 0 aliphatic heterocycles. The highest BCUT2D eigenvalue weighted by molar-refractivity contribution is 6.75. The Kier molecular flexibility index (Phi) is 5.61. The summed E-state index contributed by atoms with van der Waals surface area (Å²) in [4.78, 5) is 14.0. The zero-order valence-electron chi connectivity index (χ0n) is 8.82. The van der Waals surface area contributed by atoms with Crippen molar-refractivity contribution in [1.82, 2.24) is 4.98 Å². The van der Waals surface area contributed by atoms with E-state index in [9.17, 15) is 4.79 Å². The van der Waals surface area contributed by atoms with Crippen molar-refractivity contribution >= 4 is 25.3 Å². The molecule has 0 heterocycles. The van der Waals surface area contributed by atoms with Gasteiger partial charge in [-0.15, -0.1) is 0 Å². The molecule has 13 heavy (non-hydrogen) atoms. The lowest BCUT2D eigenvalue weighted by Crippen LogP contribution is -2.47. The molecule has 0 spiro atoms. The molecule has 0 atom stereocenters. The van der Waals surface area contributed by atoms with Crippen molar-refractivity contribution in [2.24, 2.45) is 0 Å². The van der Waals surface area contributed by atoms with Gasteiger partial charge in [-0.3, -0.25) is 0 Å². The van der Waals surface area contributed by atoms with Gasteiger partial charge in [0.15, 0.2) is 8.24 Å². The third-order valence-electron chi connectivity index (χ3n) is 0.876. The molecule has 0 aromatic heterocycles.